The molecule has 0 heterocycles. The van der Waals surface area contributed by atoms with Gasteiger partial charge in [-0.2, -0.15) is 24.4 Å². The van der Waals surface area contributed by atoms with Crippen LogP contribution in [0.1, 0.15) is 33.6 Å². The van der Waals surface area contributed by atoms with Crippen molar-refractivity contribution in [2.75, 3.05) is 17.8 Å². The quantitative estimate of drug-likeness (QED) is 0.215. The van der Waals surface area contributed by atoms with E-state index in [9.17, 15) is 19.2 Å². The first kappa shape index (κ1) is 26.5. The van der Waals surface area contributed by atoms with E-state index in [1.54, 1.807) is 0 Å². The molecule has 0 rings (SSSR count). The second kappa shape index (κ2) is 13.7. The number of thiol groups is 1. The lowest BCUT2D eigenvalue weighted by Crippen LogP contribution is -2.57. The van der Waals surface area contributed by atoms with E-state index in [0.717, 1.165) is 0 Å². The van der Waals surface area contributed by atoms with Crippen molar-refractivity contribution in [2.45, 2.75) is 57.8 Å². The third kappa shape index (κ3) is 10.2. The number of nitrogens with one attached hydrogen (secondary N) is 3. The molecule has 0 aromatic carbocycles. The smallest absolute Gasteiger partial charge is 0.325 e. The van der Waals surface area contributed by atoms with Crippen molar-refractivity contribution in [2.24, 2.45) is 11.7 Å². The Morgan fingerprint density at radius 2 is 1.54 bits per heavy atom. The lowest BCUT2D eigenvalue weighted by atomic mass is 10.0. The lowest BCUT2D eigenvalue weighted by molar-refractivity contribution is -0.141. The molecule has 6 N–H and O–H groups in total. The summed E-state index contributed by atoms with van der Waals surface area (Å²) in [6.07, 6.45) is 2.63. The van der Waals surface area contributed by atoms with Crippen LogP contribution in [0.2, 0.25) is 0 Å². The predicted octanol–water partition coefficient (Wildman–Crippen LogP) is -0.398. The van der Waals surface area contributed by atoms with E-state index in [1.807, 2.05) is 20.1 Å². The molecule has 11 heteroatoms. The minimum absolute atomic E-state index is 0.0222. The van der Waals surface area contributed by atoms with Gasteiger partial charge in [0.1, 0.15) is 18.1 Å². The van der Waals surface area contributed by atoms with Crippen molar-refractivity contribution in [1.82, 2.24) is 16.0 Å². The zero-order valence-electron chi connectivity index (χ0n) is 16.7. The molecule has 0 saturated carbocycles. The monoisotopic (exact) mass is 436 g/mol. The van der Waals surface area contributed by atoms with E-state index in [-0.39, 0.29) is 11.7 Å². The van der Waals surface area contributed by atoms with Gasteiger partial charge >= 0.3 is 5.97 Å². The zero-order chi connectivity index (χ0) is 21.9. The molecule has 0 aromatic heterocycles. The Labute approximate surface area is 175 Å². The Morgan fingerprint density at radius 3 is 2.00 bits per heavy atom. The standard InChI is InChI=1S/C17H32N4O5S2/c1-9(2)7-11(18)14(22)21-13(8-27)16(24)20-12(5-6-28-4)15(23)19-10(3)17(25)26/h9-13,27H,5-8,18H2,1-4H3,(H,19,23)(H,20,24)(H,21,22)(H,25,26). The molecule has 4 unspecified atom stereocenters. The number of rotatable bonds is 13. The van der Waals surface area contributed by atoms with Crippen LogP contribution in [0.4, 0.5) is 0 Å². The second-order valence-electron chi connectivity index (χ2n) is 6.89. The number of aliphatic carboxylic acids is 1. The fourth-order valence-corrected chi connectivity index (χ4v) is 2.97. The van der Waals surface area contributed by atoms with Crippen LogP contribution in [-0.2, 0) is 19.2 Å². The fourth-order valence-electron chi connectivity index (χ4n) is 2.24. The third-order valence-corrected chi connectivity index (χ3v) is 4.86. The number of thioether (sulfide) groups is 1. The summed E-state index contributed by atoms with van der Waals surface area (Å²) in [4.78, 5) is 48.0. The summed E-state index contributed by atoms with van der Waals surface area (Å²) in [6, 6.07) is -3.72. The van der Waals surface area contributed by atoms with Crippen LogP contribution in [0.25, 0.3) is 0 Å². The summed E-state index contributed by atoms with van der Waals surface area (Å²) in [5, 5.41) is 16.4. The highest BCUT2D eigenvalue weighted by Crippen LogP contribution is 2.05. The Bertz CT molecular complexity index is 548. The van der Waals surface area contributed by atoms with E-state index in [4.69, 9.17) is 10.8 Å². The SMILES string of the molecule is CSCCC(NC(=O)C(CS)NC(=O)C(N)CC(C)C)C(=O)NC(C)C(=O)O. The van der Waals surface area contributed by atoms with Gasteiger partial charge in [0.25, 0.3) is 0 Å². The fraction of sp³-hybridized carbons (Fsp3) is 0.765. The van der Waals surface area contributed by atoms with Gasteiger partial charge in [-0.1, -0.05) is 13.8 Å². The highest BCUT2D eigenvalue weighted by atomic mass is 32.2. The summed E-state index contributed by atoms with van der Waals surface area (Å²) in [6.45, 7) is 5.20. The number of amides is 3. The summed E-state index contributed by atoms with van der Waals surface area (Å²) in [7, 11) is 0. The molecule has 0 radical (unpaired) electrons. The number of carboxylic acids is 1. The maximum Gasteiger partial charge on any atom is 0.325 e. The Morgan fingerprint density at radius 1 is 1.00 bits per heavy atom. The molecule has 9 nitrogen and oxygen atoms in total. The predicted molar refractivity (Wildman–Crippen MR) is 113 cm³/mol. The average Bonchev–Trinajstić information content (AvgIpc) is 2.61. The van der Waals surface area contributed by atoms with E-state index < -0.39 is 47.9 Å². The van der Waals surface area contributed by atoms with Crippen LogP contribution in [0.5, 0.6) is 0 Å². The second-order valence-corrected chi connectivity index (χ2v) is 8.24. The Hall–Kier alpha value is -1.46. The van der Waals surface area contributed by atoms with Crippen molar-refractivity contribution >= 4 is 48.1 Å². The first-order valence-corrected chi connectivity index (χ1v) is 11.0. The van der Waals surface area contributed by atoms with Gasteiger partial charge in [-0.3, -0.25) is 19.2 Å². The van der Waals surface area contributed by atoms with Gasteiger partial charge in [0, 0.05) is 5.75 Å². The molecule has 0 aliphatic carbocycles. The van der Waals surface area contributed by atoms with Gasteiger partial charge in [-0.15, -0.1) is 0 Å². The van der Waals surface area contributed by atoms with Crippen LogP contribution < -0.4 is 21.7 Å². The summed E-state index contributed by atoms with van der Waals surface area (Å²) >= 11 is 5.58. The molecule has 0 spiro atoms. The van der Waals surface area contributed by atoms with Crippen LogP contribution in [0, 0.1) is 5.92 Å². The molecule has 0 aliphatic heterocycles. The largest absolute Gasteiger partial charge is 0.480 e. The first-order valence-electron chi connectivity index (χ1n) is 9.02. The van der Waals surface area contributed by atoms with Crippen molar-refractivity contribution in [3.05, 3.63) is 0 Å². The highest BCUT2D eigenvalue weighted by molar-refractivity contribution is 7.98. The molecule has 4 atom stereocenters. The lowest BCUT2D eigenvalue weighted by Gasteiger charge is -2.24. The molecule has 162 valence electrons. The minimum Gasteiger partial charge on any atom is -0.480 e. The van der Waals surface area contributed by atoms with Crippen molar-refractivity contribution in [3.63, 3.8) is 0 Å². The van der Waals surface area contributed by atoms with Crippen molar-refractivity contribution < 1.29 is 24.3 Å². The normalized spacial score (nSPS) is 15.2. The number of hydrogen-bond acceptors (Lipinski definition) is 7. The van der Waals surface area contributed by atoms with Crippen LogP contribution >= 0.6 is 24.4 Å². The van der Waals surface area contributed by atoms with E-state index in [1.165, 1.54) is 18.7 Å². The third-order valence-electron chi connectivity index (χ3n) is 3.85. The first-order chi connectivity index (χ1) is 13.0. The summed E-state index contributed by atoms with van der Waals surface area (Å²) < 4.78 is 0. The van der Waals surface area contributed by atoms with E-state index >= 15 is 0 Å². The molecule has 28 heavy (non-hydrogen) atoms. The molecule has 0 saturated heterocycles. The van der Waals surface area contributed by atoms with Crippen LogP contribution in [0.15, 0.2) is 0 Å². The van der Waals surface area contributed by atoms with Gasteiger partial charge in [-0.05, 0) is 37.7 Å². The Kier molecular flexibility index (Phi) is 13.0. The number of carboxylic acid groups (broad SMARTS) is 1. The molecular weight excluding hydrogens is 404 g/mol. The Balaban J connectivity index is 5.02. The molecule has 0 fully saturated rings. The number of carbonyl (C=O) groups excluding carboxylic acids is 3. The summed E-state index contributed by atoms with van der Waals surface area (Å²) in [5.74, 6) is -2.00. The number of hydrogen-bond donors (Lipinski definition) is 6. The zero-order valence-corrected chi connectivity index (χ0v) is 18.4. The molecule has 0 bridgehead atoms. The van der Waals surface area contributed by atoms with Gasteiger partial charge in [-0.25, -0.2) is 0 Å². The average molecular weight is 437 g/mol. The topological polar surface area (TPSA) is 151 Å². The van der Waals surface area contributed by atoms with Crippen LogP contribution in [0.3, 0.4) is 0 Å². The van der Waals surface area contributed by atoms with Gasteiger partial charge in [0.05, 0.1) is 6.04 Å². The van der Waals surface area contributed by atoms with Crippen molar-refractivity contribution in [1.29, 1.82) is 0 Å². The molecule has 0 aliphatic rings. The van der Waals surface area contributed by atoms with Crippen molar-refractivity contribution in [3.8, 4) is 0 Å². The van der Waals surface area contributed by atoms with E-state index in [2.05, 4.69) is 28.6 Å². The van der Waals surface area contributed by atoms with Crippen LogP contribution in [-0.4, -0.2) is 70.7 Å². The number of carbonyl (C=O) groups is 4. The molecule has 3 amide bonds. The van der Waals surface area contributed by atoms with Gasteiger partial charge in [0.15, 0.2) is 0 Å². The molecular formula is C17H32N4O5S2. The number of nitrogens with two attached hydrogens (primary N) is 1. The summed E-state index contributed by atoms with van der Waals surface area (Å²) in [5.41, 5.74) is 5.83. The molecule has 0 aromatic rings. The maximum absolute atomic E-state index is 12.5. The van der Waals surface area contributed by atoms with Gasteiger partial charge < -0.3 is 26.8 Å². The minimum atomic E-state index is -1.18. The van der Waals surface area contributed by atoms with Gasteiger partial charge in [0.2, 0.25) is 17.7 Å². The van der Waals surface area contributed by atoms with E-state index in [0.29, 0.717) is 18.6 Å². The highest BCUT2D eigenvalue weighted by Gasteiger charge is 2.28. The maximum atomic E-state index is 12.5.